The molecule has 0 aromatic rings. The summed E-state index contributed by atoms with van der Waals surface area (Å²) in [6.45, 7) is 3.88. The van der Waals surface area contributed by atoms with Crippen molar-refractivity contribution in [1.29, 1.82) is 0 Å². The van der Waals surface area contributed by atoms with E-state index in [0.29, 0.717) is 19.3 Å². The molecular formula is C36H60O6. The maximum Gasteiger partial charge on any atom is 0.306 e. The highest BCUT2D eigenvalue weighted by Gasteiger charge is 2.16. The first-order chi connectivity index (χ1) is 20.5. The molecule has 0 amide bonds. The van der Waals surface area contributed by atoms with Crippen LogP contribution in [0.25, 0.3) is 0 Å². The van der Waals surface area contributed by atoms with Crippen LogP contribution in [-0.2, 0) is 23.9 Å². The van der Waals surface area contributed by atoms with Crippen molar-refractivity contribution in [2.75, 3.05) is 13.2 Å². The number of carbonyl (C=O) groups excluding carboxylic acids is 3. The Kier molecular flexibility index (Phi) is 29.6. The van der Waals surface area contributed by atoms with Crippen LogP contribution in [0.5, 0.6) is 0 Å². The van der Waals surface area contributed by atoms with E-state index in [2.05, 4.69) is 32.1 Å². The Morgan fingerprint density at radius 2 is 1.17 bits per heavy atom. The van der Waals surface area contributed by atoms with E-state index >= 15 is 0 Å². The van der Waals surface area contributed by atoms with Gasteiger partial charge in [0.2, 0.25) is 0 Å². The van der Waals surface area contributed by atoms with Crippen LogP contribution < -0.4 is 0 Å². The Hall–Kier alpha value is -2.47. The fourth-order valence-corrected chi connectivity index (χ4v) is 4.26. The highest BCUT2D eigenvalue weighted by atomic mass is 16.6. The second kappa shape index (κ2) is 31.5. The number of aliphatic hydroxyl groups excluding tert-OH is 1. The van der Waals surface area contributed by atoms with Gasteiger partial charge in [-0.1, -0.05) is 127 Å². The summed E-state index contributed by atoms with van der Waals surface area (Å²) in [4.78, 5) is 35.7. The molecule has 1 N–H and O–H groups in total. The minimum atomic E-state index is -0.805. The van der Waals surface area contributed by atoms with Gasteiger partial charge in [-0.25, -0.2) is 0 Å². The van der Waals surface area contributed by atoms with Crippen LogP contribution in [0.4, 0.5) is 0 Å². The van der Waals surface area contributed by atoms with Crippen molar-refractivity contribution in [2.24, 2.45) is 0 Å². The summed E-state index contributed by atoms with van der Waals surface area (Å²) in [6.07, 6.45) is 34.4. The molecule has 6 nitrogen and oxygen atoms in total. The van der Waals surface area contributed by atoms with E-state index in [1.807, 2.05) is 24.3 Å². The van der Waals surface area contributed by atoms with Gasteiger partial charge in [-0.15, -0.1) is 0 Å². The van der Waals surface area contributed by atoms with E-state index in [4.69, 9.17) is 9.47 Å². The topological polar surface area (TPSA) is 89.9 Å². The van der Waals surface area contributed by atoms with Crippen LogP contribution >= 0.6 is 0 Å². The maximum absolute atomic E-state index is 12.0. The van der Waals surface area contributed by atoms with Crippen molar-refractivity contribution in [3.8, 4) is 0 Å². The van der Waals surface area contributed by atoms with Crippen molar-refractivity contribution in [1.82, 2.24) is 0 Å². The lowest BCUT2D eigenvalue weighted by molar-refractivity contribution is -0.161. The molecule has 0 bridgehead atoms. The van der Waals surface area contributed by atoms with Crippen LogP contribution in [0.3, 0.4) is 0 Å². The molecule has 240 valence electrons. The first kappa shape index (κ1) is 39.5. The summed E-state index contributed by atoms with van der Waals surface area (Å²) < 4.78 is 10.5. The lowest BCUT2D eigenvalue weighted by Gasteiger charge is -2.15. The van der Waals surface area contributed by atoms with Gasteiger partial charge in [0, 0.05) is 19.3 Å². The third kappa shape index (κ3) is 29.0. The monoisotopic (exact) mass is 588 g/mol. The summed E-state index contributed by atoms with van der Waals surface area (Å²) in [5.41, 5.74) is 0. The minimum Gasteiger partial charge on any atom is -0.462 e. The first-order valence-corrected chi connectivity index (χ1v) is 16.6. The number of hydrogen-bond donors (Lipinski definition) is 1. The number of ether oxygens (including phenoxy) is 2. The summed E-state index contributed by atoms with van der Waals surface area (Å²) in [5, 5.41) is 9.47. The van der Waals surface area contributed by atoms with Gasteiger partial charge >= 0.3 is 11.9 Å². The van der Waals surface area contributed by atoms with Crippen LogP contribution in [0.2, 0.25) is 0 Å². The standard InChI is InChI=1S/C36H60O6/c1-3-5-7-8-9-10-15-19-22-26-30-36(40)42-34(31-37)32-41-35(39)29-25-21-18-16-13-11-12-14-17-20-24-28-33(38)27-23-6-4-2/h11-12,16-18,20,24,28,34,37H,3-10,13-15,19,21-23,25-27,29-32H2,1-2H3/b12-11-,18-16-,20-17-,28-24+/t34-/m0/s1. The quantitative estimate of drug-likeness (QED) is 0.0308. The SMILES string of the molecule is CCCCCCCCCCCCC(=O)O[C@@H](CO)COC(=O)CCC/C=C\C/C=C\C/C=C\C=C\C(=O)CCCCC. The third-order valence-corrected chi connectivity index (χ3v) is 6.85. The largest absolute Gasteiger partial charge is 0.462 e. The van der Waals surface area contributed by atoms with Crippen molar-refractivity contribution in [3.63, 3.8) is 0 Å². The molecule has 42 heavy (non-hydrogen) atoms. The summed E-state index contributed by atoms with van der Waals surface area (Å²) >= 11 is 0. The molecule has 0 saturated carbocycles. The van der Waals surface area contributed by atoms with Crippen LogP contribution in [0.15, 0.2) is 48.6 Å². The predicted octanol–water partition coefficient (Wildman–Crippen LogP) is 9.07. The van der Waals surface area contributed by atoms with Crippen molar-refractivity contribution in [3.05, 3.63) is 48.6 Å². The Morgan fingerprint density at radius 3 is 1.83 bits per heavy atom. The highest BCUT2D eigenvalue weighted by molar-refractivity contribution is 5.89. The zero-order valence-electron chi connectivity index (χ0n) is 26.7. The Balaban J connectivity index is 3.78. The average Bonchev–Trinajstić information content (AvgIpc) is 2.98. The van der Waals surface area contributed by atoms with Gasteiger partial charge in [-0.3, -0.25) is 14.4 Å². The third-order valence-electron chi connectivity index (χ3n) is 6.85. The summed E-state index contributed by atoms with van der Waals surface area (Å²) in [6, 6.07) is 0. The molecule has 0 spiro atoms. The van der Waals surface area contributed by atoms with Crippen LogP contribution in [0.1, 0.15) is 142 Å². The maximum atomic E-state index is 12.0. The number of rotatable bonds is 29. The minimum absolute atomic E-state index is 0.112. The van der Waals surface area contributed by atoms with Crippen molar-refractivity contribution in [2.45, 2.75) is 148 Å². The van der Waals surface area contributed by atoms with Gasteiger partial charge in [-0.05, 0) is 44.6 Å². The average molecular weight is 589 g/mol. The van der Waals surface area contributed by atoms with E-state index in [-0.39, 0.29) is 37.4 Å². The lowest BCUT2D eigenvalue weighted by Crippen LogP contribution is -2.28. The number of ketones is 1. The molecule has 1 atom stereocenters. The van der Waals surface area contributed by atoms with E-state index in [0.717, 1.165) is 57.8 Å². The van der Waals surface area contributed by atoms with Gasteiger partial charge in [0.25, 0.3) is 0 Å². The van der Waals surface area contributed by atoms with Gasteiger partial charge in [0.05, 0.1) is 6.61 Å². The molecule has 0 rings (SSSR count). The number of unbranched alkanes of at least 4 members (excludes halogenated alkanes) is 12. The zero-order chi connectivity index (χ0) is 30.9. The second-order valence-electron chi connectivity index (χ2n) is 10.9. The summed E-state index contributed by atoms with van der Waals surface area (Å²) in [7, 11) is 0. The Labute approximate surface area is 256 Å². The zero-order valence-corrected chi connectivity index (χ0v) is 26.7. The fourth-order valence-electron chi connectivity index (χ4n) is 4.26. The molecule has 0 heterocycles. The predicted molar refractivity (Wildman–Crippen MR) is 173 cm³/mol. The van der Waals surface area contributed by atoms with Gasteiger partial charge in [0.1, 0.15) is 6.61 Å². The molecule has 0 aliphatic rings. The first-order valence-electron chi connectivity index (χ1n) is 16.6. The van der Waals surface area contributed by atoms with E-state index in [1.54, 1.807) is 6.08 Å². The molecule has 6 heteroatoms. The van der Waals surface area contributed by atoms with E-state index < -0.39 is 6.10 Å². The molecular weight excluding hydrogens is 528 g/mol. The molecule has 0 fully saturated rings. The van der Waals surface area contributed by atoms with Gasteiger partial charge in [0.15, 0.2) is 11.9 Å². The molecule has 0 aliphatic carbocycles. The Bertz CT molecular complexity index is 780. The van der Waals surface area contributed by atoms with E-state index in [1.165, 1.54) is 44.9 Å². The number of hydrogen-bond acceptors (Lipinski definition) is 6. The van der Waals surface area contributed by atoms with Crippen molar-refractivity contribution < 1.29 is 29.0 Å². The number of allylic oxidation sites excluding steroid dienone is 8. The molecule has 0 saturated heterocycles. The second-order valence-corrected chi connectivity index (χ2v) is 10.9. The van der Waals surface area contributed by atoms with Crippen molar-refractivity contribution >= 4 is 17.7 Å². The molecule has 0 radical (unpaired) electrons. The smallest absolute Gasteiger partial charge is 0.306 e. The van der Waals surface area contributed by atoms with Gasteiger partial charge in [-0.2, -0.15) is 0 Å². The van der Waals surface area contributed by atoms with Gasteiger partial charge < -0.3 is 14.6 Å². The van der Waals surface area contributed by atoms with Crippen LogP contribution in [0, 0.1) is 0 Å². The molecule has 0 unspecified atom stereocenters. The Morgan fingerprint density at radius 1 is 0.619 bits per heavy atom. The number of carbonyl (C=O) groups is 3. The highest BCUT2D eigenvalue weighted by Crippen LogP contribution is 2.12. The normalized spacial score (nSPS) is 12.6. The molecule has 0 aliphatic heterocycles. The summed E-state index contributed by atoms with van der Waals surface area (Å²) in [5.74, 6) is -0.510. The lowest BCUT2D eigenvalue weighted by atomic mass is 10.1. The number of esters is 2. The fraction of sp³-hybridized carbons (Fsp3) is 0.694. The van der Waals surface area contributed by atoms with E-state index in [9.17, 15) is 19.5 Å². The number of aliphatic hydroxyl groups is 1. The molecule has 0 aromatic carbocycles. The molecule has 0 aromatic heterocycles. The van der Waals surface area contributed by atoms with Crippen LogP contribution in [-0.4, -0.2) is 42.1 Å².